The van der Waals surface area contributed by atoms with Gasteiger partial charge in [-0.3, -0.25) is 0 Å². The Kier molecular flexibility index (Phi) is 4.36. The third kappa shape index (κ3) is 3.70. The molecule has 0 saturated carbocycles. The van der Waals surface area contributed by atoms with Crippen LogP contribution >= 0.6 is 11.3 Å². The molecule has 0 aromatic carbocycles. The molecule has 1 fully saturated rings. The second kappa shape index (κ2) is 6.00. The fraction of sp³-hybridized carbons (Fsp3) is 0.667. The van der Waals surface area contributed by atoms with Crippen LogP contribution in [0.25, 0.3) is 0 Å². The molecule has 2 heterocycles. The molecular weight excluding hydrogens is 232 g/mol. The van der Waals surface area contributed by atoms with Crippen molar-refractivity contribution in [3.63, 3.8) is 0 Å². The second-order valence-corrected chi connectivity index (χ2v) is 5.76. The number of thiazole rings is 1. The molecular formula is C12H20N4S. The van der Waals surface area contributed by atoms with E-state index in [9.17, 15) is 0 Å². The Balaban J connectivity index is 1.91. The van der Waals surface area contributed by atoms with Crippen LogP contribution in [-0.4, -0.2) is 28.9 Å². The van der Waals surface area contributed by atoms with Gasteiger partial charge in [-0.25, -0.2) is 9.98 Å². The van der Waals surface area contributed by atoms with Crippen LogP contribution in [-0.2, 0) is 6.54 Å². The van der Waals surface area contributed by atoms with Crippen LogP contribution in [0, 0.1) is 6.92 Å². The Morgan fingerprint density at radius 3 is 2.71 bits per heavy atom. The maximum absolute atomic E-state index is 6.03. The number of hydrogen-bond donors (Lipinski definition) is 1. The molecule has 0 amide bonds. The largest absolute Gasteiger partial charge is 0.370 e. The van der Waals surface area contributed by atoms with Crippen LogP contribution in [0.3, 0.4) is 0 Å². The molecule has 0 radical (unpaired) electrons. The first-order valence-corrected chi connectivity index (χ1v) is 7.03. The summed E-state index contributed by atoms with van der Waals surface area (Å²) in [5, 5.41) is 1.04. The Hall–Kier alpha value is -1.10. The van der Waals surface area contributed by atoms with Crippen LogP contribution in [0.2, 0.25) is 0 Å². The van der Waals surface area contributed by atoms with Gasteiger partial charge in [0.15, 0.2) is 5.96 Å². The lowest BCUT2D eigenvalue weighted by molar-refractivity contribution is 0.428. The second-order valence-electron chi connectivity index (χ2n) is 4.44. The van der Waals surface area contributed by atoms with Gasteiger partial charge in [0.05, 0.1) is 6.54 Å². The van der Waals surface area contributed by atoms with E-state index in [1.807, 2.05) is 6.20 Å². The van der Waals surface area contributed by atoms with E-state index in [2.05, 4.69) is 21.8 Å². The SMILES string of the molecule is Cc1cnc(CN=C(N)N2CCCCCC2)s1. The average molecular weight is 252 g/mol. The predicted octanol–water partition coefficient (Wildman–Crippen LogP) is 2.14. The lowest BCUT2D eigenvalue weighted by Crippen LogP contribution is -2.38. The molecule has 1 saturated heterocycles. The first-order valence-electron chi connectivity index (χ1n) is 6.22. The number of nitrogens with two attached hydrogens (primary N) is 1. The molecule has 0 atom stereocenters. The number of nitrogens with zero attached hydrogens (tertiary/aromatic N) is 3. The summed E-state index contributed by atoms with van der Waals surface area (Å²) >= 11 is 1.69. The van der Waals surface area contributed by atoms with Gasteiger partial charge in [0, 0.05) is 24.2 Å². The maximum Gasteiger partial charge on any atom is 0.191 e. The molecule has 2 rings (SSSR count). The topological polar surface area (TPSA) is 54.5 Å². The molecule has 94 valence electrons. The Bertz CT molecular complexity index is 378. The van der Waals surface area contributed by atoms with E-state index in [0.29, 0.717) is 12.5 Å². The molecule has 0 bridgehead atoms. The van der Waals surface area contributed by atoms with Crippen LogP contribution < -0.4 is 5.73 Å². The molecule has 1 aliphatic heterocycles. The summed E-state index contributed by atoms with van der Waals surface area (Å²) in [5.74, 6) is 0.680. The number of rotatable bonds is 2. The van der Waals surface area contributed by atoms with E-state index >= 15 is 0 Å². The summed E-state index contributed by atoms with van der Waals surface area (Å²) in [6.45, 7) is 4.77. The Labute approximate surface area is 107 Å². The van der Waals surface area contributed by atoms with Gasteiger partial charge < -0.3 is 10.6 Å². The summed E-state index contributed by atoms with van der Waals surface area (Å²) < 4.78 is 0. The molecule has 0 aliphatic carbocycles. The third-order valence-corrected chi connectivity index (χ3v) is 3.87. The van der Waals surface area contributed by atoms with Crippen molar-refractivity contribution in [1.82, 2.24) is 9.88 Å². The van der Waals surface area contributed by atoms with Gasteiger partial charge in [-0.05, 0) is 19.8 Å². The highest BCUT2D eigenvalue weighted by Crippen LogP contribution is 2.13. The van der Waals surface area contributed by atoms with E-state index in [-0.39, 0.29) is 0 Å². The Morgan fingerprint density at radius 2 is 2.12 bits per heavy atom. The minimum absolute atomic E-state index is 0.612. The zero-order valence-corrected chi connectivity index (χ0v) is 11.2. The summed E-state index contributed by atoms with van der Waals surface area (Å²) in [6.07, 6.45) is 6.97. The maximum atomic E-state index is 6.03. The van der Waals surface area contributed by atoms with E-state index in [4.69, 9.17) is 5.73 Å². The lowest BCUT2D eigenvalue weighted by Gasteiger charge is -2.20. The first-order chi connectivity index (χ1) is 8.25. The molecule has 17 heavy (non-hydrogen) atoms. The van der Waals surface area contributed by atoms with Crippen LogP contribution in [0.15, 0.2) is 11.2 Å². The number of aromatic nitrogens is 1. The van der Waals surface area contributed by atoms with Gasteiger partial charge in [-0.1, -0.05) is 12.8 Å². The molecule has 1 aromatic heterocycles. The van der Waals surface area contributed by atoms with Gasteiger partial charge in [0.1, 0.15) is 5.01 Å². The fourth-order valence-electron chi connectivity index (χ4n) is 2.02. The number of likely N-dealkylation sites (tertiary alicyclic amines) is 1. The van der Waals surface area contributed by atoms with Crippen molar-refractivity contribution < 1.29 is 0 Å². The highest BCUT2D eigenvalue weighted by Gasteiger charge is 2.10. The van der Waals surface area contributed by atoms with Gasteiger partial charge in [-0.2, -0.15) is 0 Å². The monoisotopic (exact) mass is 252 g/mol. The summed E-state index contributed by atoms with van der Waals surface area (Å²) in [6, 6.07) is 0. The van der Waals surface area contributed by atoms with Crippen molar-refractivity contribution in [3.05, 3.63) is 16.1 Å². The molecule has 0 spiro atoms. The van der Waals surface area contributed by atoms with Gasteiger partial charge in [0.25, 0.3) is 0 Å². The van der Waals surface area contributed by atoms with Crippen molar-refractivity contribution in [2.75, 3.05) is 13.1 Å². The van der Waals surface area contributed by atoms with E-state index in [1.165, 1.54) is 30.6 Å². The lowest BCUT2D eigenvalue weighted by atomic mass is 10.2. The third-order valence-electron chi connectivity index (χ3n) is 2.98. The molecule has 2 N–H and O–H groups in total. The molecule has 1 aliphatic rings. The van der Waals surface area contributed by atoms with E-state index in [0.717, 1.165) is 18.1 Å². The fourth-order valence-corrected chi connectivity index (χ4v) is 2.73. The van der Waals surface area contributed by atoms with Gasteiger partial charge in [-0.15, -0.1) is 11.3 Å². The first kappa shape index (κ1) is 12.4. The summed E-state index contributed by atoms with van der Waals surface area (Å²) in [7, 11) is 0. The van der Waals surface area contributed by atoms with E-state index < -0.39 is 0 Å². The normalized spacial score (nSPS) is 18.2. The molecule has 1 aromatic rings. The molecule has 4 nitrogen and oxygen atoms in total. The van der Waals surface area contributed by atoms with Crippen molar-refractivity contribution in [3.8, 4) is 0 Å². The highest BCUT2D eigenvalue weighted by molar-refractivity contribution is 7.11. The Morgan fingerprint density at radius 1 is 1.41 bits per heavy atom. The van der Waals surface area contributed by atoms with E-state index in [1.54, 1.807) is 11.3 Å². The van der Waals surface area contributed by atoms with Gasteiger partial charge in [0.2, 0.25) is 0 Å². The molecule has 0 unspecified atom stereocenters. The molecule has 5 heteroatoms. The van der Waals surface area contributed by atoms with Crippen LogP contribution in [0.1, 0.15) is 35.6 Å². The average Bonchev–Trinajstić information content (AvgIpc) is 2.58. The van der Waals surface area contributed by atoms with Crippen LogP contribution in [0.4, 0.5) is 0 Å². The number of hydrogen-bond acceptors (Lipinski definition) is 3. The zero-order chi connectivity index (χ0) is 12.1. The number of aryl methyl sites for hydroxylation is 1. The minimum Gasteiger partial charge on any atom is -0.370 e. The van der Waals surface area contributed by atoms with Crippen LogP contribution in [0.5, 0.6) is 0 Å². The summed E-state index contributed by atoms with van der Waals surface area (Å²) in [5.41, 5.74) is 6.03. The number of guanidine groups is 1. The predicted molar refractivity (Wildman–Crippen MR) is 72.2 cm³/mol. The van der Waals surface area contributed by atoms with Crippen molar-refractivity contribution in [2.24, 2.45) is 10.7 Å². The number of aliphatic imine (C=N–C) groups is 1. The smallest absolute Gasteiger partial charge is 0.191 e. The van der Waals surface area contributed by atoms with Crippen molar-refractivity contribution >= 4 is 17.3 Å². The highest BCUT2D eigenvalue weighted by atomic mass is 32.1. The van der Waals surface area contributed by atoms with Crippen molar-refractivity contribution in [2.45, 2.75) is 39.2 Å². The van der Waals surface area contributed by atoms with Crippen molar-refractivity contribution in [1.29, 1.82) is 0 Å². The standard InChI is InChI=1S/C12H20N4S/c1-10-8-14-11(17-10)9-15-12(13)16-6-4-2-3-5-7-16/h8H,2-7,9H2,1H3,(H2,13,15). The summed E-state index contributed by atoms with van der Waals surface area (Å²) in [4.78, 5) is 12.2. The zero-order valence-electron chi connectivity index (χ0n) is 10.4. The van der Waals surface area contributed by atoms with Gasteiger partial charge >= 0.3 is 0 Å². The minimum atomic E-state index is 0.612. The quantitative estimate of drug-likeness (QED) is 0.648.